The Balaban J connectivity index is 1.61. The highest BCUT2D eigenvalue weighted by Gasteiger charge is 2.42. The molecule has 1 fully saturated rings. The molecule has 1 aromatic carbocycles. The van der Waals surface area contributed by atoms with Crippen LogP contribution in [0.2, 0.25) is 0 Å². The van der Waals surface area contributed by atoms with E-state index in [4.69, 9.17) is 14.2 Å². The summed E-state index contributed by atoms with van der Waals surface area (Å²) in [6, 6.07) is 9.51. The van der Waals surface area contributed by atoms with E-state index < -0.39 is 71.2 Å². The third-order valence-corrected chi connectivity index (χ3v) is 14.7. The molecule has 65 heavy (non-hydrogen) atoms. The number of aromatic nitrogens is 1. The number of amides is 5. The average Bonchev–Trinajstić information content (AvgIpc) is 3.78. The van der Waals surface area contributed by atoms with E-state index in [0.29, 0.717) is 36.4 Å². The Morgan fingerprint density at radius 3 is 2.23 bits per heavy atom. The number of ether oxygens (including phenoxy) is 3. The Hall–Kier alpha value is -4.50. The number of nitro groups is 1. The molecule has 0 radical (unpaired) electrons. The Morgan fingerprint density at radius 1 is 0.985 bits per heavy atom. The van der Waals surface area contributed by atoms with Gasteiger partial charge in [0.25, 0.3) is 5.69 Å². The lowest BCUT2D eigenvalue weighted by Crippen LogP contribution is -2.56. The van der Waals surface area contributed by atoms with Crippen LogP contribution in [-0.4, -0.2) is 149 Å². The van der Waals surface area contributed by atoms with Crippen LogP contribution < -0.4 is 10.6 Å². The predicted octanol–water partition coefficient (Wildman–Crippen LogP) is 5.49. The van der Waals surface area contributed by atoms with Crippen molar-refractivity contribution >= 4 is 57.0 Å². The van der Waals surface area contributed by atoms with Gasteiger partial charge in [0.15, 0.2) is 0 Å². The van der Waals surface area contributed by atoms with Crippen molar-refractivity contribution in [3.05, 3.63) is 64.3 Å². The summed E-state index contributed by atoms with van der Waals surface area (Å²) in [6.45, 7) is 13.0. The van der Waals surface area contributed by atoms with E-state index >= 15 is 0 Å². The molecule has 1 aliphatic rings. The van der Waals surface area contributed by atoms with Gasteiger partial charge in [0.05, 0.1) is 60.2 Å². The van der Waals surface area contributed by atoms with Crippen molar-refractivity contribution in [3.8, 4) is 0 Å². The first-order chi connectivity index (χ1) is 30.8. The Kier molecular flexibility index (Phi) is 22.4. The van der Waals surface area contributed by atoms with Gasteiger partial charge in [-0.1, -0.05) is 82.2 Å². The average molecular weight is 948 g/mol. The smallest absolute Gasteiger partial charge is 0.410 e. The van der Waals surface area contributed by atoms with Crippen LogP contribution in [0.4, 0.5) is 10.5 Å². The number of pyridine rings is 1. The van der Waals surface area contributed by atoms with Crippen molar-refractivity contribution in [3.63, 3.8) is 0 Å². The van der Waals surface area contributed by atoms with Crippen LogP contribution in [0.1, 0.15) is 85.8 Å². The number of rotatable bonds is 25. The standard InChI is InChI=1S/C45H69N7O11S2/c1-12-28(4)40(35(61-10)23-37(53)51-22-16-19-34(51)42(62-11)30(6)43(56)48-31(7)41(55)32-17-14-13-15-18-32)49(8)38(54)25-47-44(57)39(27(2)3)50(9)45(58)63-26-29(5)64-65-36-21-20-33(24-46-36)52(59)60/h13-15,17-18,20-21,24,27-31,34-35,39-42,55H,12,16,19,22-23,25-26H2,1-11H3,(H,47,57)(H,48,56). The first-order valence-corrected chi connectivity index (χ1v) is 24.2. The van der Waals surface area contributed by atoms with Gasteiger partial charge < -0.3 is 39.8 Å². The third-order valence-electron chi connectivity index (χ3n) is 12.0. The summed E-state index contributed by atoms with van der Waals surface area (Å²) in [4.78, 5) is 87.1. The van der Waals surface area contributed by atoms with Crippen molar-refractivity contribution < 1.29 is 48.2 Å². The zero-order chi connectivity index (χ0) is 48.5. The summed E-state index contributed by atoms with van der Waals surface area (Å²) in [5.41, 5.74) is 0.570. The lowest BCUT2D eigenvalue weighted by Gasteiger charge is -2.39. The van der Waals surface area contributed by atoms with E-state index in [2.05, 4.69) is 15.6 Å². The van der Waals surface area contributed by atoms with Gasteiger partial charge in [-0.25, -0.2) is 9.78 Å². The molecule has 362 valence electrons. The first kappa shape index (κ1) is 54.8. The maximum atomic E-state index is 14.2. The van der Waals surface area contributed by atoms with Crippen molar-refractivity contribution in [2.24, 2.45) is 17.8 Å². The highest BCUT2D eigenvalue weighted by Crippen LogP contribution is 2.34. The Labute approximate surface area is 391 Å². The van der Waals surface area contributed by atoms with Crippen molar-refractivity contribution in [1.29, 1.82) is 0 Å². The molecule has 3 N–H and O–H groups in total. The highest BCUT2D eigenvalue weighted by molar-refractivity contribution is 8.76. The zero-order valence-corrected chi connectivity index (χ0v) is 41.1. The summed E-state index contributed by atoms with van der Waals surface area (Å²) >= 11 is 0. The molecule has 2 heterocycles. The van der Waals surface area contributed by atoms with Crippen LogP contribution in [0.5, 0.6) is 0 Å². The summed E-state index contributed by atoms with van der Waals surface area (Å²) < 4.78 is 17.4. The molecule has 1 aromatic heterocycles. The van der Waals surface area contributed by atoms with Gasteiger partial charge in [-0.15, -0.1) is 0 Å². The second-order valence-electron chi connectivity index (χ2n) is 17.0. The molecule has 10 atom stereocenters. The molecular weight excluding hydrogens is 879 g/mol. The van der Waals surface area contributed by atoms with Crippen LogP contribution in [0.3, 0.4) is 0 Å². The number of aliphatic hydroxyl groups is 1. The third kappa shape index (κ3) is 15.5. The van der Waals surface area contributed by atoms with Crippen LogP contribution >= 0.6 is 21.6 Å². The number of hydrogen-bond donors (Lipinski definition) is 3. The second kappa shape index (κ2) is 26.6. The fourth-order valence-electron chi connectivity index (χ4n) is 8.11. The van der Waals surface area contributed by atoms with Gasteiger partial charge in [0.2, 0.25) is 23.6 Å². The summed E-state index contributed by atoms with van der Waals surface area (Å²) in [5, 5.41) is 27.8. The van der Waals surface area contributed by atoms with E-state index in [-0.39, 0.29) is 54.2 Å². The molecule has 2 aromatic rings. The minimum Gasteiger partial charge on any atom is -0.448 e. The second-order valence-corrected chi connectivity index (χ2v) is 19.7. The van der Waals surface area contributed by atoms with Crippen molar-refractivity contribution in [2.75, 3.05) is 48.0 Å². The zero-order valence-electron chi connectivity index (χ0n) is 39.5. The molecule has 3 rings (SSSR count). The van der Waals surface area contributed by atoms with Crippen LogP contribution in [0.15, 0.2) is 53.7 Å². The van der Waals surface area contributed by atoms with Gasteiger partial charge in [-0.05, 0) is 60.9 Å². The summed E-state index contributed by atoms with van der Waals surface area (Å²) in [7, 11) is 8.76. The topological polar surface area (TPSA) is 223 Å². The molecule has 20 heteroatoms. The van der Waals surface area contributed by atoms with E-state index in [1.165, 1.54) is 71.0 Å². The molecule has 0 spiro atoms. The molecule has 10 unspecified atom stereocenters. The predicted molar refractivity (Wildman–Crippen MR) is 250 cm³/mol. The highest BCUT2D eigenvalue weighted by atomic mass is 33.1. The van der Waals surface area contributed by atoms with Crippen molar-refractivity contribution in [2.45, 2.75) is 127 Å². The largest absolute Gasteiger partial charge is 0.448 e. The number of likely N-dealkylation sites (N-methyl/N-ethyl adjacent to an activating group) is 2. The molecule has 0 saturated carbocycles. The number of likely N-dealkylation sites (tertiary alicyclic amines) is 1. The lowest BCUT2D eigenvalue weighted by molar-refractivity contribution is -0.385. The molecule has 1 saturated heterocycles. The number of methoxy groups -OCH3 is 2. The van der Waals surface area contributed by atoms with Crippen LogP contribution in [0, 0.1) is 27.9 Å². The van der Waals surface area contributed by atoms with Crippen LogP contribution in [0.25, 0.3) is 0 Å². The number of benzene rings is 1. The molecule has 0 bridgehead atoms. The van der Waals surface area contributed by atoms with Gasteiger partial charge in [-0.2, -0.15) is 0 Å². The van der Waals surface area contributed by atoms with Crippen molar-refractivity contribution in [1.82, 2.24) is 30.3 Å². The van der Waals surface area contributed by atoms with E-state index in [9.17, 15) is 39.2 Å². The van der Waals surface area contributed by atoms with Gasteiger partial charge in [0, 0.05) is 46.2 Å². The number of carbonyl (C=O) groups is 5. The molecule has 1 aliphatic heterocycles. The Morgan fingerprint density at radius 2 is 1.66 bits per heavy atom. The molecular formula is C45H69N7O11S2. The van der Waals surface area contributed by atoms with E-state index in [1.54, 1.807) is 51.8 Å². The maximum absolute atomic E-state index is 14.2. The molecule has 5 amide bonds. The van der Waals surface area contributed by atoms with E-state index in [1.807, 2.05) is 39.0 Å². The molecule has 18 nitrogen and oxygen atoms in total. The fraction of sp³-hybridized carbons (Fsp3) is 0.644. The summed E-state index contributed by atoms with van der Waals surface area (Å²) in [6.07, 6.45) is 0.162. The number of nitrogens with zero attached hydrogens (tertiary/aromatic N) is 5. The normalized spacial score (nSPS) is 18.0. The maximum Gasteiger partial charge on any atom is 0.410 e. The fourth-order valence-corrected chi connectivity index (χ4v) is 9.97. The number of aliphatic hydroxyl groups excluding tert-OH is 1. The minimum atomic E-state index is -0.959. The van der Waals surface area contributed by atoms with Gasteiger partial charge >= 0.3 is 6.09 Å². The van der Waals surface area contributed by atoms with Crippen LogP contribution in [-0.2, 0) is 33.4 Å². The monoisotopic (exact) mass is 947 g/mol. The summed E-state index contributed by atoms with van der Waals surface area (Å²) in [5.74, 6) is -2.56. The number of hydrogen-bond acceptors (Lipinski definition) is 14. The van der Waals surface area contributed by atoms with E-state index in [0.717, 1.165) is 0 Å². The quantitative estimate of drug-likeness (QED) is 0.0637. The van der Waals surface area contributed by atoms with Gasteiger partial charge in [-0.3, -0.25) is 34.2 Å². The number of carbonyl (C=O) groups excluding carboxylic acids is 5. The Bertz CT molecular complexity index is 1860. The first-order valence-electron chi connectivity index (χ1n) is 22.0. The van der Waals surface area contributed by atoms with Gasteiger partial charge in [0.1, 0.15) is 23.9 Å². The number of nitrogens with one attached hydrogen (secondary N) is 2. The minimum absolute atomic E-state index is 0.0199. The molecule has 0 aliphatic carbocycles. The SMILES string of the molecule is CCC(C)C(C(CC(=O)N1CCCC1C(OC)C(C)C(=O)NC(C)C(O)c1ccccc1)OC)N(C)C(=O)CNC(=O)C(C(C)C)N(C)C(=O)OCC(C)SSc1ccc([N+](=O)[O-])cn1. The lowest BCUT2D eigenvalue weighted by atomic mass is 9.90.